The van der Waals surface area contributed by atoms with E-state index in [1.54, 1.807) is 42.6 Å². The van der Waals surface area contributed by atoms with E-state index in [1.807, 2.05) is 0 Å². The van der Waals surface area contributed by atoms with Gasteiger partial charge in [-0.05, 0) is 48.0 Å². The quantitative estimate of drug-likeness (QED) is 0.668. The molecule has 1 nitrogen and oxygen atoms in total. The van der Waals surface area contributed by atoms with E-state index in [1.165, 1.54) is 17.7 Å². The Morgan fingerprint density at radius 3 is 2.42 bits per heavy atom. The molecular weight excluding hydrogens is 284 g/mol. The smallest absolute Gasteiger partial charge is 0.123 e. The zero-order chi connectivity index (χ0) is 13.7. The van der Waals surface area contributed by atoms with Crippen LogP contribution >= 0.6 is 23.2 Å². The normalized spacial score (nSPS) is 11.5. The minimum atomic E-state index is -0.315. The van der Waals surface area contributed by atoms with Gasteiger partial charge in [0, 0.05) is 22.3 Å². The van der Waals surface area contributed by atoms with Gasteiger partial charge in [0.05, 0.1) is 5.69 Å². The SMILES string of the molecule is Fc1ccc(/C=C\Cl)c(/C=N/c2ccc(Cl)cc2)c1. The van der Waals surface area contributed by atoms with Crippen LogP contribution in [0.3, 0.4) is 0 Å². The maximum absolute atomic E-state index is 13.2. The standard InChI is InChI=1S/C15H10Cl2FN/c16-8-7-11-1-4-14(18)9-12(11)10-19-15-5-2-13(17)3-6-15/h1-10H/b8-7-,19-10+. The monoisotopic (exact) mass is 293 g/mol. The average Bonchev–Trinajstić information content (AvgIpc) is 2.41. The van der Waals surface area contributed by atoms with Crippen LogP contribution in [0.25, 0.3) is 6.08 Å². The summed E-state index contributed by atoms with van der Waals surface area (Å²) in [5.41, 5.74) is 3.59. The first-order valence-electron chi connectivity index (χ1n) is 5.55. The van der Waals surface area contributed by atoms with Crippen LogP contribution in [-0.2, 0) is 0 Å². The van der Waals surface area contributed by atoms with Crippen LogP contribution in [0, 0.1) is 5.82 Å². The molecule has 0 fully saturated rings. The summed E-state index contributed by atoms with van der Waals surface area (Å²) in [6.45, 7) is 0. The molecule has 2 rings (SSSR count). The molecule has 0 spiro atoms. The van der Waals surface area contributed by atoms with Crippen molar-refractivity contribution in [2.45, 2.75) is 0 Å². The van der Waals surface area contributed by atoms with E-state index in [2.05, 4.69) is 4.99 Å². The van der Waals surface area contributed by atoms with Crippen molar-refractivity contribution in [2.75, 3.05) is 0 Å². The fourth-order valence-electron chi connectivity index (χ4n) is 1.55. The second-order valence-corrected chi connectivity index (χ2v) is 4.49. The van der Waals surface area contributed by atoms with Crippen LogP contribution in [0.2, 0.25) is 5.02 Å². The summed E-state index contributed by atoms with van der Waals surface area (Å²) in [7, 11) is 0. The van der Waals surface area contributed by atoms with Crippen molar-refractivity contribution in [2.24, 2.45) is 4.99 Å². The zero-order valence-corrected chi connectivity index (χ0v) is 11.4. The summed E-state index contributed by atoms with van der Waals surface area (Å²) < 4.78 is 13.2. The largest absolute Gasteiger partial charge is 0.256 e. The lowest BCUT2D eigenvalue weighted by atomic mass is 10.1. The molecule has 0 aromatic heterocycles. The van der Waals surface area contributed by atoms with E-state index in [-0.39, 0.29) is 5.82 Å². The molecule has 0 unspecified atom stereocenters. The molecule has 96 valence electrons. The van der Waals surface area contributed by atoms with Crippen molar-refractivity contribution < 1.29 is 4.39 Å². The van der Waals surface area contributed by atoms with Crippen molar-refractivity contribution in [3.8, 4) is 0 Å². The Labute approximate surface area is 121 Å². The van der Waals surface area contributed by atoms with Crippen LogP contribution in [0.5, 0.6) is 0 Å². The molecule has 0 saturated carbocycles. The molecule has 4 heteroatoms. The number of hydrogen-bond donors (Lipinski definition) is 0. The van der Waals surface area contributed by atoms with Crippen molar-refractivity contribution in [1.29, 1.82) is 0 Å². The van der Waals surface area contributed by atoms with E-state index >= 15 is 0 Å². The lowest BCUT2D eigenvalue weighted by Crippen LogP contribution is -1.88. The molecule has 2 aromatic rings. The Morgan fingerprint density at radius 2 is 1.74 bits per heavy atom. The molecular formula is C15H10Cl2FN. The molecule has 0 saturated heterocycles. The molecule has 2 aromatic carbocycles. The van der Waals surface area contributed by atoms with Gasteiger partial charge in [-0.2, -0.15) is 0 Å². The minimum Gasteiger partial charge on any atom is -0.256 e. The van der Waals surface area contributed by atoms with Crippen molar-refractivity contribution in [3.05, 3.63) is 70.0 Å². The Balaban J connectivity index is 2.31. The van der Waals surface area contributed by atoms with Crippen molar-refractivity contribution in [1.82, 2.24) is 0 Å². The average molecular weight is 294 g/mol. The predicted octanol–water partition coefficient (Wildman–Crippen LogP) is 5.44. The second-order valence-electron chi connectivity index (χ2n) is 3.80. The fraction of sp³-hybridized carbons (Fsp3) is 0. The van der Waals surface area contributed by atoms with Crippen LogP contribution < -0.4 is 0 Å². The van der Waals surface area contributed by atoms with Crippen LogP contribution in [-0.4, -0.2) is 6.21 Å². The Kier molecular flexibility index (Phi) is 4.72. The molecule has 0 atom stereocenters. The topological polar surface area (TPSA) is 12.4 Å². The van der Waals surface area contributed by atoms with E-state index < -0.39 is 0 Å². The maximum Gasteiger partial charge on any atom is 0.123 e. The minimum absolute atomic E-state index is 0.315. The predicted molar refractivity (Wildman–Crippen MR) is 80.0 cm³/mol. The third-order valence-electron chi connectivity index (χ3n) is 2.47. The van der Waals surface area contributed by atoms with Gasteiger partial charge >= 0.3 is 0 Å². The first-order chi connectivity index (χ1) is 9.19. The van der Waals surface area contributed by atoms with E-state index in [0.717, 1.165) is 11.3 Å². The summed E-state index contributed by atoms with van der Waals surface area (Å²) >= 11 is 11.3. The molecule has 0 amide bonds. The summed E-state index contributed by atoms with van der Waals surface area (Å²) in [5, 5.41) is 0.649. The highest BCUT2D eigenvalue weighted by Crippen LogP contribution is 2.17. The summed E-state index contributed by atoms with van der Waals surface area (Å²) in [6.07, 6.45) is 3.28. The number of rotatable bonds is 3. The van der Waals surface area contributed by atoms with Crippen LogP contribution in [0.1, 0.15) is 11.1 Å². The number of hydrogen-bond acceptors (Lipinski definition) is 1. The second kappa shape index (κ2) is 6.50. The van der Waals surface area contributed by atoms with Gasteiger partial charge in [-0.25, -0.2) is 4.39 Å². The van der Waals surface area contributed by atoms with Gasteiger partial charge in [-0.3, -0.25) is 4.99 Å². The fourth-order valence-corrected chi connectivity index (χ4v) is 1.81. The highest BCUT2D eigenvalue weighted by Gasteiger charge is 1.99. The van der Waals surface area contributed by atoms with Crippen molar-refractivity contribution in [3.63, 3.8) is 0 Å². The van der Waals surface area contributed by atoms with E-state index in [0.29, 0.717) is 10.6 Å². The van der Waals surface area contributed by atoms with Crippen LogP contribution in [0.15, 0.2) is 53.0 Å². The molecule has 0 radical (unpaired) electrons. The summed E-state index contributed by atoms with van der Waals surface area (Å²) in [5.74, 6) is -0.315. The zero-order valence-electron chi connectivity index (χ0n) is 9.85. The highest BCUT2D eigenvalue weighted by atomic mass is 35.5. The molecule has 0 heterocycles. The van der Waals surface area contributed by atoms with Gasteiger partial charge < -0.3 is 0 Å². The first-order valence-corrected chi connectivity index (χ1v) is 6.36. The molecule has 0 aliphatic rings. The summed E-state index contributed by atoms with van der Waals surface area (Å²) in [6, 6.07) is 11.5. The Hall–Kier alpha value is -1.64. The lowest BCUT2D eigenvalue weighted by Gasteiger charge is -2.00. The Bertz CT molecular complexity index is 619. The molecule has 0 aliphatic carbocycles. The third kappa shape index (κ3) is 3.91. The summed E-state index contributed by atoms with van der Waals surface area (Å²) in [4.78, 5) is 4.27. The van der Waals surface area contributed by atoms with Crippen LogP contribution in [0.4, 0.5) is 10.1 Å². The molecule has 0 N–H and O–H groups in total. The number of aliphatic imine (C=N–C) groups is 1. The van der Waals surface area contributed by atoms with Crippen molar-refractivity contribution >= 4 is 41.2 Å². The highest BCUT2D eigenvalue weighted by molar-refractivity contribution is 6.30. The van der Waals surface area contributed by atoms with Gasteiger partial charge in [0.15, 0.2) is 0 Å². The van der Waals surface area contributed by atoms with E-state index in [4.69, 9.17) is 23.2 Å². The van der Waals surface area contributed by atoms with Gasteiger partial charge in [-0.15, -0.1) is 0 Å². The molecule has 0 bridgehead atoms. The first kappa shape index (κ1) is 13.8. The van der Waals surface area contributed by atoms with Gasteiger partial charge in [0.1, 0.15) is 5.82 Å². The van der Waals surface area contributed by atoms with Gasteiger partial charge in [0.2, 0.25) is 0 Å². The van der Waals surface area contributed by atoms with E-state index in [9.17, 15) is 4.39 Å². The third-order valence-corrected chi connectivity index (χ3v) is 2.85. The van der Waals surface area contributed by atoms with Gasteiger partial charge in [0.25, 0.3) is 0 Å². The number of benzene rings is 2. The van der Waals surface area contributed by atoms with Gasteiger partial charge in [-0.1, -0.05) is 29.3 Å². The molecule has 19 heavy (non-hydrogen) atoms. The molecule has 0 aliphatic heterocycles. The number of halogens is 3. The lowest BCUT2D eigenvalue weighted by molar-refractivity contribution is 0.627. The Morgan fingerprint density at radius 1 is 1.00 bits per heavy atom. The number of nitrogens with zero attached hydrogens (tertiary/aromatic N) is 1. The maximum atomic E-state index is 13.2.